The number of carbonyl (C=O) groups excluding carboxylic acids is 3. The van der Waals surface area contributed by atoms with Crippen molar-refractivity contribution in [1.29, 1.82) is 0 Å². The minimum Gasteiger partial charge on any atom is -0.496 e. The van der Waals surface area contributed by atoms with Gasteiger partial charge in [0.05, 0.1) is 7.11 Å². The predicted octanol–water partition coefficient (Wildman–Crippen LogP) is 2.19. The van der Waals surface area contributed by atoms with Crippen LogP contribution in [-0.2, 0) is 9.53 Å². The van der Waals surface area contributed by atoms with E-state index in [1.807, 2.05) is 0 Å². The zero-order chi connectivity index (χ0) is 19.1. The van der Waals surface area contributed by atoms with Crippen molar-refractivity contribution in [3.8, 4) is 5.75 Å². The van der Waals surface area contributed by atoms with Gasteiger partial charge in [-0.3, -0.25) is 9.59 Å². The highest BCUT2D eigenvalue weighted by Crippen LogP contribution is 2.18. The summed E-state index contributed by atoms with van der Waals surface area (Å²) < 4.78 is 10.1. The number of rotatable bonds is 6. The molecule has 0 heterocycles. The van der Waals surface area contributed by atoms with E-state index in [1.54, 1.807) is 62.6 Å². The molecule has 7 nitrogen and oxygen atoms in total. The van der Waals surface area contributed by atoms with Crippen molar-refractivity contribution in [1.82, 2.24) is 4.90 Å². The molecule has 0 bridgehead atoms. The Labute approximate surface area is 151 Å². The molecule has 26 heavy (non-hydrogen) atoms. The lowest BCUT2D eigenvalue weighted by Crippen LogP contribution is -2.22. The van der Waals surface area contributed by atoms with Gasteiger partial charge in [0.15, 0.2) is 6.61 Å². The summed E-state index contributed by atoms with van der Waals surface area (Å²) in [6.07, 6.45) is 0. The lowest BCUT2D eigenvalue weighted by Gasteiger charge is -2.11. The van der Waals surface area contributed by atoms with Crippen LogP contribution in [0, 0.1) is 0 Å². The van der Waals surface area contributed by atoms with Gasteiger partial charge in [-0.15, -0.1) is 0 Å². The number of nitrogens with one attached hydrogen (secondary N) is 1. The minimum atomic E-state index is -0.649. The lowest BCUT2D eigenvalue weighted by molar-refractivity contribution is -0.119. The Morgan fingerprint density at radius 3 is 2.27 bits per heavy atom. The Morgan fingerprint density at radius 2 is 1.65 bits per heavy atom. The van der Waals surface area contributed by atoms with Crippen LogP contribution < -0.4 is 10.1 Å². The van der Waals surface area contributed by atoms with Crippen molar-refractivity contribution >= 4 is 23.5 Å². The summed E-state index contributed by atoms with van der Waals surface area (Å²) in [4.78, 5) is 37.3. The van der Waals surface area contributed by atoms with E-state index in [1.165, 1.54) is 12.0 Å². The number of hydrogen-bond donors (Lipinski definition) is 1. The molecule has 2 rings (SSSR count). The highest BCUT2D eigenvalue weighted by Gasteiger charge is 2.15. The van der Waals surface area contributed by atoms with Crippen LogP contribution in [0.3, 0.4) is 0 Å². The first kappa shape index (κ1) is 19.0. The quantitative estimate of drug-likeness (QED) is 0.802. The summed E-state index contributed by atoms with van der Waals surface area (Å²) in [5.74, 6) is -0.892. The zero-order valence-electron chi connectivity index (χ0n) is 14.8. The van der Waals surface area contributed by atoms with Crippen LogP contribution in [0.5, 0.6) is 5.75 Å². The Kier molecular flexibility index (Phi) is 6.32. The Bertz CT molecular complexity index is 800. The van der Waals surface area contributed by atoms with E-state index in [2.05, 4.69) is 5.32 Å². The molecule has 0 saturated carbocycles. The van der Waals surface area contributed by atoms with Crippen LogP contribution in [-0.4, -0.2) is 50.5 Å². The van der Waals surface area contributed by atoms with Crippen molar-refractivity contribution in [3.63, 3.8) is 0 Å². The highest BCUT2D eigenvalue weighted by molar-refractivity contribution is 5.97. The van der Waals surface area contributed by atoms with Crippen LogP contribution >= 0.6 is 0 Å². The summed E-state index contributed by atoms with van der Waals surface area (Å²) in [6, 6.07) is 13.0. The van der Waals surface area contributed by atoms with Gasteiger partial charge in [-0.2, -0.15) is 0 Å². The van der Waals surface area contributed by atoms with Gasteiger partial charge in [-0.05, 0) is 36.4 Å². The third-order valence-electron chi connectivity index (χ3n) is 3.48. The van der Waals surface area contributed by atoms with Crippen molar-refractivity contribution in [2.24, 2.45) is 0 Å². The average molecular weight is 356 g/mol. The fourth-order valence-electron chi connectivity index (χ4n) is 2.17. The molecule has 0 unspecified atom stereocenters. The molecule has 0 radical (unpaired) electrons. The maximum Gasteiger partial charge on any atom is 0.342 e. The molecule has 0 spiro atoms. The Morgan fingerprint density at radius 1 is 1.00 bits per heavy atom. The zero-order valence-corrected chi connectivity index (χ0v) is 14.8. The summed E-state index contributed by atoms with van der Waals surface area (Å²) in [6.45, 7) is -0.435. The molecular formula is C19H20N2O5. The summed E-state index contributed by atoms with van der Waals surface area (Å²) in [5, 5.41) is 2.60. The van der Waals surface area contributed by atoms with Crippen molar-refractivity contribution in [2.45, 2.75) is 0 Å². The first-order valence-electron chi connectivity index (χ1n) is 7.84. The van der Waals surface area contributed by atoms with Crippen molar-refractivity contribution in [3.05, 3.63) is 59.7 Å². The maximum absolute atomic E-state index is 12.0. The molecule has 2 amide bonds. The summed E-state index contributed by atoms with van der Waals surface area (Å²) in [7, 11) is 4.77. The third kappa shape index (κ3) is 4.83. The fourth-order valence-corrected chi connectivity index (χ4v) is 2.17. The van der Waals surface area contributed by atoms with Gasteiger partial charge >= 0.3 is 5.97 Å². The van der Waals surface area contributed by atoms with E-state index >= 15 is 0 Å². The second kappa shape index (κ2) is 8.66. The SMILES string of the molecule is COc1ccccc1C(=O)OCC(=O)Nc1ccc(C(=O)N(C)C)cc1. The Hall–Kier alpha value is -3.35. The van der Waals surface area contributed by atoms with Crippen LogP contribution in [0.15, 0.2) is 48.5 Å². The average Bonchev–Trinajstić information content (AvgIpc) is 2.66. The fraction of sp³-hybridized carbons (Fsp3) is 0.211. The number of hydrogen-bond acceptors (Lipinski definition) is 5. The first-order valence-corrected chi connectivity index (χ1v) is 7.84. The standard InChI is InChI=1S/C19H20N2O5/c1-21(2)18(23)13-8-10-14(11-9-13)20-17(22)12-26-19(24)15-6-4-5-7-16(15)25-3/h4-11H,12H2,1-3H3,(H,20,22). The highest BCUT2D eigenvalue weighted by atomic mass is 16.5. The van der Waals surface area contributed by atoms with Gasteiger partial charge in [0.25, 0.3) is 11.8 Å². The molecule has 0 aliphatic heterocycles. The van der Waals surface area contributed by atoms with E-state index in [0.717, 1.165) is 0 Å². The largest absolute Gasteiger partial charge is 0.496 e. The topological polar surface area (TPSA) is 84.9 Å². The van der Waals surface area contributed by atoms with Gasteiger partial charge in [-0.1, -0.05) is 12.1 Å². The monoisotopic (exact) mass is 356 g/mol. The summed E-state index contributed by atoms with van der Waals surface area (Å²) >= 11 is 0. The van der Waals surface area contributed by atoms with Gasteiger partial charge in [0.2, 0.25) is 0 Å². The minimum absolute atomic E-state index is 0.131. The van der Waals surface area contributed by atoms with Crippen LogP contribution in [0.25, 0.3) is 0 Å². The maximum atomic E-state index is 12.0. The molecule has 0 aliphatic carbocycles. The molecule has 0 aromatic heterocycles. The second-order valence-corrected chi connectivity index (χ2v) is 5.60. The first-order chi connectivity index (χ1) is 12.4. The molecule has 2 aromatic carbocycles. The normalized spacial score (nSPS) is 9.96. The number of ether oxygens (including phenoxy) is 2. The molecule has 7 heteroatoms. The number of esters is 1. The molecular weight excluding hydrogens is 336 g/mol. The van der Waals surface area contributed by atoms with Crippen molar-refractivity contribution < 1.29 is 23.9 Å². The molecule has 2 aromatic rings. The van der Waals surface area contributed by atoms with Gasteiger partial charge < -0.3 is 19.7 Å². The lowest BCUT2D eigenvalue weighted by atomic mass is 10.2. The van der Waals surface area contributed by atoms with E-state index in [0.29, 0.717) is 17.0 Å². The smallest absolute Gasteiger partial charge is 0.342 e. The van der Waals surface area contributed by atoms with Gasteiger partial charge in [0, 0.05) is 25.3 Å². The third-order valence-corrected chi connectivity index (χ3v) is 3.48. The van der Waals surface area contributed by atoms with Crippen molar-refractivity contribution in [2.75, 3.05) is 33.1 Å². The Balaban J connectivity index is 1.91. The number of benzene rings is 2. The van der Waals surface area contributed by atoms with E-state index in [4.69, 9.17) is 9.47 Å². The summed E-state index contributed by atoms with van der Waals surface area (Å²) in [5.41, 5.74) is 1.25. The molecule has 136 valence electrons. The number of para-hydroxylation sites is 1. The predicted molar refractivity (Wildman–Crippen MR) is 96.4 cm³/mol. The van der Waals surface area contributed by atoms with E-state index < -0.39 is 18.5 Å². The molecule has 0 fully saturated rings. The number of carbonyl (C=O) groups is 3. The number of methoxy groups -OCH3 is 1. The second-order valence-electron chi connectivity index (χ2n) is 5.60. The number of amides is 2. The molecule has 1 N–H and O–H groups in total. The molecule has 0 atom stereocenters. The molecule has 0 aliphatic rings. The molecule has 0 saturated heterocycles. The van der Waals surface area contributed by atoms with Crippen LogP contribution in [0.4, 0.5) is 5.69 Å². The van der Waals surface area contributed by atoms with Gasteiger partial charge in [-0.25, -0.2) is 4.79 Å². The number of nitrogens with zero attached hydrogens (tertiary/aromatic N) is 1. The van der Waals surface area contributed by atoms with E-state index in [9.17, 15) is 14.4 Å². The van der Waals surface area contributed by atoms with Gasteiger partial charge in [0.1, 0.15) is 11.3 Å². The van der Waals surface area contributed by atoms with E-state index in [-0.39, 0.29) is 11.5 Å². The number of anilines is 1. The van der Waals surface area contributed by atoms with Crippen LogP contribution in [0.1, 0.15) is 20.7 Å². The van der Waals surface area contributed by atoms with Crippen LogP contribution in [0.2, 0.25) is 0 Å².